The first kappa shape index (κ1) is 17.4. The predicted molar refractivity (Wildman–Crippen MR) is 87.7 cm³/mol. The van der Waals surface area contributed by atoms with Gasteiger partial charge in [0.15, 0.2) is 0 Å². The van der Waals surface area contributed by atoms with Gasteiger partial charge in [-0.3, -0.25) is 9.69 Å². The zero-order chi connectivity index (χ0) is 15.8. The van der Waals surface area contributed by atoms with Crippen LogP contribution in [0.3, 0.4) is 0 Å². The van der Waals surface area contributed by atoms with Gasteiger partial charge in [0.2, 0.25) is 0 Å². The molecule has 0 aliphatic heterocycles. The molecule has 0 aliphatic carbocycles. The molecule has 1 heterocycles. The first-order chi connectivity index (χ1) is 9.95. The fourth-order valence-corrected chi connectivity index (χ4v) is 2.34. The van der Waals surface area contributed by atoms with Gasteiger partial charge in [0.25, 0.3) is 5.91 Å². The van der Waals surface area contributed by atoms with Gasteiger partial charge < -0.3 is 10.6 Å². The Hall–Kier alpha value is -1.62. The molecule has 0 fully saturated rings. The zero-order valence-corrected chi connectivity index (χ0v) is 13.8. The molecule has 1 amide bonds. The second-order valence-corrected chi connectivity index (χ2v) is 5.62. The topological polar surface area (TPSA) is 57.3 Å². The lowest BCUT2D eigenvalue weighted by atomic mass is 10.2. The van der Waals surface area contributed by atoms with Crippen LogP contribution in [0.5, 0.6) is 0 Å². The molecule has 0 unspecified atom stereocenters. The van der Waals surface area contributed by atoms with Gasteiger partial charge in [-0.2, -0.15) is 0 Å². The van der Waals surface area contributed by atoms with Gasteiger partial charge >= 0.3 is 0 Å². The second-order valence-electron chi connectivity index (χ2n) is 5.62. The minimum absolute atomic E-state index is 0.123. The van der Waals surface area contributed by atoms with E-state index in [-0.39, 0.29) is 5.91 Å². The van der Waals surface area contributed by atoms with Crippen LogP contribution in [0, 0.1) is 0 Å². The number of hydrogen-bond donors (Lipinski definition) is 2. The van der Waals surface area contributed by atoms with Gasteiger partial charge in [-0.1, -0.05) is 6.07 Å². The van der Waals surface area contributed by atoms with E-state index in [9.17, 15) is 4.79 Å². The van der Waals surface area contributed by atoms with Crippen LogP contribution in [-0.4, -0.2) is 47.5 Å². The number of rotatable bonds is 8. The molecule has 0 aliphatic rings. The van der Waals surface area contributed by atoms with Crippen LogP contribution in [0.15, 0.2) is 18.2 Å². The minimum atomic E-state index is -0.123. The van der Waals surface area contributed by atoms with Gasteiger partial charge in [-0.25, -0.2) is 4.98 Å². The summed E-state index contributed by atoms with van der Waals surface area (Å²) in [6.45, 7) is 12.9. The van der Waals surface area contributed by atoms with Crippen molar-refractivity contribution in [2.75, 3.05) is 25.0 Å². The van der Waals surface area contributed by atoms with E-state index in [0.29, 0.717) is 24.3 Å². The van der Waals surface area contributed by atoms with E-state index in [0.717, 1.165) is 18.9 Å². The fourth-order valence-electron chi connectivity index (χ4n) is 2.34. The SMILES string of the molecule is CCNc1cccc(C(=O)NCCN(C(C)C)C(C)C)n1. The molecule has 0 aromatic carbocycles. The monoisotopic (exact) mass is 292 g/mol. The molecule has 118 valence electrons. The summed E-state index contributed by atoms with van der Waals surface area (Å²) in [5.74, 6) is 0.610. The molecular formula is C16H28N4O. The maximum atomic E-state index is 12.1. The number of hydrogen-bond acceptors (Lipinski definition) is 4. The molecule has 5 nitrogen and oxygen atoms in total. The first-order valence-corrected chi connectivity index (χ1v) is 7.70. The van der Waals surface area contributed by atoms with Crippen molar-refractivity contribution in [1.29, 1.82) is 0 Å². The van der Waals surface area contributed by atoms with E-state index in [2.05, 4.69) is 48.2 Å². The number of anilines is 1. The predicted octanol–water partition coefficient (Wildman–Crippen LogP) is 2.36. The van der Waals surface area contributed by atoms with Crippen molar-refractivity contribution < 1.29 is 4.79 Å². The molecule has 1 aromatic heterocycles. The lowest BCUT2D eigenvalue weighted by molar-refractivity contribution is 0.0934. The highest BCUT2D eigenvalue weighted by Crippen LogP contribution is 2.05. The van der Waals surface area contributed by atoms with Crippen LogP contribution in [0.2, 0.25) is 0 Å². The van der Waals surface area contributed by atoms with Crippen LogP contribution < -0.4 is 10.6 Å². The summed E-state index contributed by atoms with van der Waals surface area (Å²) in [6, 6.07) is 6.38. The maximum Gasteiger partial charge on any atom is 0.270 e. The van der Waals surface area contributed by atoms with Crippen molar-refractivity contribution in [2.24, 2.45) is 0 Å². The second kappa shape index (κ2) is 8.62. The van der Waals surface area contributed by atoms with Crippen LogP contribution in [0.25, 0.3) is 0 Å². The van der Waals surface area contributed by atoms with Crippen molar-refractivity contribution in [3.05, 3.63) is 23.9 Å². The summed E-state index contributed by atoms with van der Waals surface area (Å²) < 4.78 is 0. The Morgan fingerprint density at radius 3 is 2.48 bits per heavy atom. The average molecular weight is 292 g/mol. The van der Waals surface area contributed by atoms with Crippen molar-refractivity contribution in [3.63, 3.8) is 0 Å². The molecular weight excluding hydrogens is 264 g/mol. The number of carbonyl (C=O) groups is 1. The first-order valence-electron chi connectivity index (χ1n) is 7.70. The Labute approximate surface area is 128 Å². The van der Waals surface area contributed by atoms with Crippen molar-refractivity contribution in [3.8, 4) is 0 Å². The minimum Gasteiger partial charge on any atom is -0.370 e. The Bertz CT molecular complexity index is 438. The van der Waals surface area contributed by atoms with E-state index in [1.807, 2.05) is 19.1 Å². The zero-order valence-electron chi connectivity index (χ0n) is 13.8. The van der Waals surface area contributed by atoms with Gasteiger partial charge in [0.05, 0.1) is 0 Å². The third-order valence-corrected chi connectivity index (χ3v) is 3.32. The van der Waals surface area contributed by atoms with Crippen molar-refractivity contribution >= 4 is 11.7 Å². The average Bonchev–Trinajstić information content (AvgIpc) is 2.43. The molecule has 0 spiro atoms. The quantitative estimate of drug-likeness (QED) is 0.772. The molecule has 5 heteroatoms. The summed E-state index contributed by atoms with van der Waals surface area (Å²) in [5, 5.41) is 6.05. The van der Waals surface area contributed by atoms with Gasteiger partial charge in [-0.05, 0) is 46.8 Å². The fraction of sp³-hybridized carbons (Fsp3) is 0.625. The number of aromatic nitrogens is 1. The van der Waals surface area contributed by atoms with E-state index in [1.54, 1.807) is 6.07 Å². The van der Waals surface area contributed by atoms with Crippen LogP contribution in [0.4, 0.5) is 5.82 Å². The standard InChI is InChI=1S/C16H28N4O/c1-6-17-15-9-7-8-14(19-15)16(21)18-10-11-20(12(2)3)13(4)5/h7-9,12-13H,6,10-11H2,1-5H3,(H,17,19)(H,18,21). The largest absolute Gasteiger partial charge is 0.370 e. The molecule has 0 saturated carbocycles. The Morgan fingerprint density at radius 1 is 1.24 bits per heavy atom. The lowest BCUT2D eigenvalue weighted by Gasteiger charge is -2.30. The number of nitrogens with one attached hydrogen (secondary N) is 2. The Balaban J connectivity index is 2.52. The number of pyridine rings is 1. The van der Waals surface area contributed by atoms with Gasteiger partial charge in [0, 0.05) is 31.7 Å². The molecule has 21 heavy (non-hydrogen) atoms. The van der Waals surface area contributed by atoms with Gasteiger partial charge in [-0.15, -0.1) is 0 Å². The summed E-state index contributed by atoms with van der Waals surface area (Å²) in [4.78, 5) is 18.7. The van der Waals surface area contributed by atoms with Crippen molar-refractivity contribution in [1.82, 2.24) is 15.2 Å². The molecule has 0 bridgehead atoms. The van der Waals surface area contributed by atoms with E-state index in [4.69, 9.17) is 0 Å². The van der Waals surface area contributed by atoms with Crippen molar-refractivity contribution in [2.45, 2.75) is 46.7 Å². The maximum absolute atomic E-state index is 12.1. The number of amides is 1. The third-order valence-electron chi connectivity index (χ3n) is 3.32. The Morgan fingerprint density at radius 2 is 1.90 bits per heavy atom. The van der Waals surface area contributed by atoms with Crippen LogP contribution in [-0.2, 0) is 0 Å². The highest BCUT2D eigenvalue weighted by Gasteiger charge is 2.14. The molecule has 0 atom stereocenters. The Kier molecular flexibility index (Phi) is 7.15. The highest BCUT2D eigenvalue weighted by molar-refractivity contribution is 5.92. The summed E-state index contributed by atoms with van der Waals surface area (Å²) in [5.41, 5.74) is 0.453. The van der Waals surface area contributed by atoms with E-state index >= 15 is 0 Å². The third kappa shape index (κ3) is 5.71. The molecule has 1 aromatic rings. The van der Waals surface area contributed by atoms with Crippen LogP contribution >= 0.6 is 0 Å². The number of carbonyl (C=O) groups excluding carboxylic acids is 1. The summed E-state index contributed by atoms with van der Waals surface area (Å²) in [7, 11) is 0. The molecule has 0 radical (unpaired) electrons. The molecule has 0 saturated heterocycles. The van der Waals surface area contributed by atoms with Gasteiger partial charge in [0.1, 0.15) is 11.5 Å². The lowest BCUT2D eigenvalue weighted by Crippen LogP contribution is -2.42. The summed E-state index contributed by atoms with van der Waals surface area (Å²) >= 11 is 0. The van der Waals surface area contributed by atoms with E-state index in [1.165, 1.54) is 0 Å². The number of nitrogens with zero attached hydrogens (tertiary/aromatic N) is 2. The molecule has 2 N–H and O–H groups in total. The molecule has 1 rings (SSSR count). The highest BCUT2D eigenvalue weighted by atomic mass is 16.1. The van der Waals surface area contributed by atoms with E-state index < -0.39 is 0 Å². The smallest absolute Gasteiger partial charge is 0.270 e. The summed E-state index contributed by atoms with van der Waals surface area (Å²) in [6.07, 6.45) is 0. The normalized spacial score (nSPS) is 11.2. The van der Waals surface area contributed by atoms with Crippen LogP contribution in [0.1, 0.15) is 45.1 Å².